The molecule has 2 saturated carbocycles. The van der Waals surface area contributed by atoms with E-state index in [4.69, 9.17) is 0 Å². The molecule has 1 heteroatoms. The summed E-state index contributed by atoms with van der Waals surface area (Å²) in [7, 11) is 0. The van der Waals surface area contributed by atoms with E-state index in [1.54, 1.807) is 0 Å². The summed E-state index contributed by atoms with van der Waals surface area (Å²) in [5.74, 6) is 0.915. The molecule has 2 aliphatic rings. The fourth-order valence-electron chi connectivity index (χ4n) is 4.60. The number of fused-ring (bicyclic) bond motifs is 2. The average Bonchev–Trinajstić information content (AvgIpc) is 2.73. The summed E-state index contributed by atoms with van der Waals surface area (Å²) in [4.78, 5) is 0. The van der Waals surface area contributed by atoms with Crippen molar-refractivity contribution in [2.24, 2.45) is 16.7 Å². The lowest BCUT2D eigenvalue weighted by atomic mass is 9.69. The number of hydrogen-bond acceptors (Lipinski definition) is 1. The predicted octanol–water partition coefficient (Wildman–Crippen LogP) is 4.55. The molecule has 1 aromatic rings. The molecule has 104 valence electrons. The smallest absolute Gasteiger partial charge is 0.0294 e. The van der Waals surface area contributed by atoms with E-state index in [2.05, 4.69) is 63.3 Å². The van der Waals surface area contributed by atoms with Gasteiger partial charge in [0.2, 0.25) is 0 Å². The molecular weight excluding hydrogens is 230 g/mol. The molecule has 2 fully saturated rings. The highest BCUT2D eigenvalue weighted by molar-refractivity contribution is 5.20. The van der Waals surface area contributed by atoms with E-state index in [1.165, 1.54) is 24.8 Å². The normalized spacial score (nSPS) is 37.5. The molecule has 0 heterocycles. The number of nitrogens with one attached hydrogen (secondary N) is 1. The second kappa shape index (κ2) is 4.34. The Balaban J connectivity index is 1.76. The Bertz CT molecular complexity index is 450. The van der Waals surface area contributed by atoms with Gasteiger partial charge in [0, 0.05) is 12.1 Å². The maximum Gasteiger partial charge on any atom is 0.0294 e. The van der Waals surface area contributed by atoms with Crippen molar-refractivity contribution in [2.75, 3.05) is 0 Å². The minimum Gasteiger partial charge on any atom is -0.307 e. The molecule has 0 amide bonds. The second-order valence-electron chi connectivity index (χ2n) is 7.46. The zero-order valence-electron chi connectivity index (χ0n) is 12.7. The first kappa shape index (κ1) is 13.2. The van der Waals surface area contributed by atoms with E-state index in [0.717, 1.165) is 5.92 Å². The third-order valence-corrected chi connectivity index (χ3v) is 6.54. The molecule has 1 aromatic carbocycles. The maximum absolute atomic E-state index is 3.92. The van der Waals surface area contributed by atoms with Crippen LogP contribution in [0.1, 0.15) is 58.6 Å². The highest BCUT2D eigenvalue weighted by atomic mass is 15.0. The van der Waals surface area contributed by atoms with Crippen molar-refractivity contribution in [3.05, 3.63) is 35.9 Å². The first-order valence-corrected chi connectivity index (χ1v) is 7.76. The molecular formula is C18H27N. The van der Waals surface area contributed by atoms with Crippen LogP contribution >= 0.6 is 0 Å². The van der Waals surface area contributed by atoms with E-state index < -0.39 is 0 Å². The summed E-state index contributed by atoms with van der Waals surface area (Å²) in [5.41, 5.74) is 2.38. The molecule has 19 heavy (non-hydrogen) atoms. The Morgan fingerprint density at radius 3 is 2.37 bits per heavy atom. The van der Waals surface area contributed by atoms with Gasteiger partial charge in [0.25, 0.3) is 0 Å². The largest absolute Gasteiger partial charge is 0.307 e. The molecule has 0 aromatic heterocycles. The lowest BCUT2D eigenvalue weighted by molar-refractivity contribution is 0.116. The van der Waals surface area contributed by atoms with Crippen LogP contribution in [-0.4, -0.2) is 6.04 Å². The Hall–Kier alpha value is -0.820. The van der Waals surface area contributed by atoms with Crippen molar-refractivity contribution >= 4 is 0 Å². The predicted molar refractivity (Wildman–Crippen MR) is 81.0 cm³/mol. The van der Waals surface area contributed by atoms with Crippen LogP contribution in [0.15, 0.2) is 30.3 Å². The maximum atomic E-state index is 3.92. The Morgan fingerprint density at radius 1 is 1.16 bits per heavy atom. The van der Waals surface area contributed by atoms with Crippen LogP contribution in [-0.2, 0) is 0 Å². The van der Waals surface area contributed by atoms with E-state index >= 15 is 0 Å². The second-order valence-corrected chi connectivity index (χ2v) is 7.46. The third kappa shape index (κ3) is 1.86. The van der Waals surface area contributed by atoms with Crippen LogP contribution in [0, 0.1) is 16.7 Å². The minimum absolute atomic E-state index is 0.457. The van der Waals surface area contributed by atoms with Gasteiger partial charge in [-0.2, -0.15) is 0 Å². The first-order valence-electron chi connectivity index (χ1n) is 7.76. The molecule has 1 N–H and O–H groups in total. The topological polar surface area (TPSA) is 12.0 Å². The summed E-state index contributed by atoms with van der Waals surface area (Å²) in [6, 6.07) is 12.0. The summed E-state index contributed by atoms with van der Waals surface area (Å²) >= 11 is 0. The van der Waals surface area contributed by atoms with Crippen LogP contribution in [0.3, 0.4) is 0 Å². The van der Waals surface area contributed by atoms with Gasteiger partial charge >= 0.3 is 0 Å². The molecule has 2 bridgehead atoms. The van der Waals surface area contributed by atoms with Crippen molar-refractivity contribution in [3.8, 4) is 0 Å². The Morgan fingerprint density at radius 2 is 1.84 bits per heavy atom. The van der Waals surface area contributed by atoms with Gasteiger partial charge in [-0.3, -0.25) is 0 Å². The molecule has 3 rings (SSSR count). The monoisotopic (exact) mass is 257 g/mol. The zero-order valence-corrected chi connectivity index (χ0v) is 12.7. The van der Waals surface area contributed by atoms with E-state index in [-0.39, 0.29) is 0 Å². The fourth-order valence-corrected chi connectivity index (χ4v) is 4.60. The molecule has 1 nitrogen and oxygen atoms in total. The van der Waals surface area contributed by atoms with Crippen LogP contribution in [0.25, 0.3) is 0 Å². The number of benzene rings is 1. The van der Waals surface area contributed by atoms with Crippen LogP contribution < -0.4 is 5.32 Å². The Labute approximate surface area is 117 Å². The van der Waals surface area contributed by atoms with Gasteiger partial charge in [0.05, 0.1) is 0 Å². The molecule has 0 unspecified atom stereocenters. The standard InChI is InChI=1S/C18H27N/c1-13(14-8-6-5-7-9-14)19-16-12-15-10-11-18(16,4)17(15,2)3/h5-9,13,15-16,19H,10-12H2,1-4H3/t13-,15+,16-,18-/m0/s1. The summed E-state index contributed by atoms with van der Waals surface area (Å²) in [6.45, 7) is 9.78. The Kier molecular flexibility index (Phi) is 3.01. The van der Waals surface area contributed by atoms with Crippen molar-refractivity contribution < 1.29 is 0 Å². The van der Waals surface area contributed by atoms with Gasteiger partial charge in [-0.1, -0.05) is 51.1 Å². The zero-order chi connectivity index (χ0) is 13.7. The van der Waals surface area contributed by atoms with E-state index in [0.29, 0.717) is 22.9 Å². The number of hydrogen-bond donors (Lipinski definition) is 1. The molecule has 0 radical (unpaired) electrons. The van der Waals surface area contributed by atoms with Gasteiger partial charge in [-0.05, 0) is 48.5 Å². The van der Waals surface area contributed by atoms with E-state index in [1.807, 2.05) is 0 Å². The SMILES string of the molecule is C[C@H](N[C@H]1C[C@H]2CC[C@]1(C)C2(C)C)c1ccccc1. The molecule has 2 aliphatic carbocycles. The van der Waals surface area contributed by atoms with Gasteiger partial charge < -0.3 is 5.32 Å². The van der Waals surface area contributed by atoms with Crippen LogP contribution in [0.5, 0.6) is 0 Å². The quantitative estimate of drug-likeness (QED) is 0.837. The van der Waals surface area contributed by atoms with Crippen molar-refractivity contribution in [1.29, 1.82) is 0 Å². The molecule has 0 aliphatic heterocycles. The average molecular weight is 257 g/mol. The van der Waals surface area contributed by atoms with Crippen LogP contribution in [0.4, 0.5) is 0 Å². The van der Waals surface area contributed by atoms with Gasteiger partial charge in [0.15, 0.2) is 0 Å². The van der Waals surface area contributed by atoms with Crippen molar-refractivity contribution in [1.82, 2.24) is 5.32 Å². The molecule has 0 saturated heterocycles. The van der Waals surface area contributed by atoms with Crippen LogP contribution in [0.2, 0.25) is 0 Å². The summed E-state index contributed by atoms with van der Waals surface area (Å²) in [5, 5.41) is 3.92. The first-order chi connectivity index (χ1) is 8.95. The van der Waals surface area contributed by atoms with Gasteiger partial charge in [0.1, 0.15) is 0 Å². The summed E-state index contributed by atoms with van der Waals surface area (Å²) < 4.78 is 0. The summed E-state index contributed by atoms with van der Waals surface area (Å²) in [6.07, 6.45) is 4.19. The third-order valence-electron chi connectivity index (χ3n) is 6.54. The van der Waals surface area contributed by atoms with Crippen molar-refractivity contribution in [2.45, 2.75) is 59.0 Å². The molecule has 4 atom stereocenters. The highest BCUT2D eigenvalue weighted by Gasteiger charge is 2.61. The van der Waals surface area contributed by atoms with Gasteiger partial charge in [-0.25, -0.2) is 0 Å². The lowest BCUT2D eigenvalue weighted by Gasteiger charge is -2.40. The van der Waals surface area contributed by atoms with Gasteiger partial charge in [-0.15, -0.1) is 0 Å². The molecule has 0 spiro atoms. The minimum atomic E-state index is 0.457. The van der Waals surface area contributed by atoms with Crippen molar-refractivity contribution in [3.63, 3.8) is 0 Å². The number of rotatable bonds is 3. The van der Waals surface area contributed by atoms with E-state index in [9.17, 15) is 0 Å². The fraction of sp³-hybridized carbons (Fsp3) is 0.667. The lowest BCUT2D eigenvalue weighted by Crippen LogP contribution is -2.45. The highest BCUT2D eigenvalue weighted by Crippen LogP contribution is 2.65.